The average Bonchev–Trinajstić information content (AvgIpc) is 3.06. The highest BCUT2D eigenvalue weighted by Crippen LogP contribution is 2.32. The molecule has 2 heterocycles. The molecule has 9 heteroatoms. The van der Waals surface area contributed by atoms with Gasteiger partial charge in [0.2, 0.25) is 0 Å². The normalized spacial score (nSPS) is 23.1. The summed E-state index contributed by atoms with van der Waals surface area (Å²) in [4.78, 5) is 4.68. The van der Waals surface area contributed by atoms with E-state index < -0.39 is 10.0 Å². The van der Waals surface area contributed by atoms with Gasteiger partial charge in [-0.05, 0) is 18.6 Å². The third kappa shape index (κ3) is 2.96. The molecule has 2 atom stereocenters. The second kappa shape index (κ2) is 6.08. The van der Waals surface area contributed by atoms with E-state index in [1.54, 1.807) is 11.6 Å². The van der Waals surface area contributed by atoms with Crippen molar-refractivity contribution in [1.82, 2.24) is 14.1 Å². The summed E-state index contributed by atoms with van der Waals surface area (Å²) >= 11 is 9.20. The number of sulfonamides is 1. The molecular formula is C12H16ClN3O2S3. The van der Waals surface area contributed by atoms with Crippen molar-refractivity contribution >= 4 is 49.7 Å². The van der Waals surface area contributed by atoms with Crippen molar-refractivity contribution in [3.8, 4) is 0 Å². The molecule has 0 bridgehead atoms. The molecule has 2 aromatic heterocycles. The highest BCUT2D eigenvalue weighted by molar-refractivity contribution is 8.00. The van der Waals surface area contributed by atoms with Crippen molar-refractivity contribution in [1.29, 1.82) is 0 Å². The molecule has 21 heavy (non-hydrogen) atoms. The topological polar surface area (TPSA) is 63.5 Å². The van der Waals surface area contributed by atoms with E-state index in [-0.39, 0.29) is 16.2 Å². The molecule has 0 aliphatic heterocycles. The minimum Gasteiger partial charge on any atom is -0.279 e. The van der Waals surface area contributed by atoms with Gasteiger partial charge in [0.1, 0.15) is 0 Å². The molecule has 1 fully saturated rings. The van der Waals surface area contributed by atoms with Gasteiger partial charge in [-0.1, -0.05) is 24.9 Å². The van der Waals surface area contributed by atoms with Gasteiger partial charge >= 0.3 is 0 Å². The second-order valence-electron chi connectivity index (χ2n) is 4.92. The maximum atomic E-state index is 12.7. The quantitative estimate of drug-likeness (QED) is 0.884. The number of fused-ring (bicyclic) bond motifs is 1. The van der Waals surface area contributed by atoms with Crippen molar-refractivity contribution in [2.24, 2.45) is 0 Å². The summed E-state index contributed by atoms with van der Waals surface area (Å²) in [7, 11) is -3.67. The number of nitrogens with one attached hydrogen (secondary N) is 1. The lowest BCUT2D eigenvalue weighted by molar-refractivity contribution is 0.551. The molecule has 1 aliphatic rings. The highest BCUT2D eigenvalue weighted by atomic mass is 35.5. The van der Waals surface area contributed by atoms with E-state index in [0.717, 1.165) is 25.0 Å². The number of halogens is 1. The minimum atomic E-state index is -3.67. The standard InChI is InChI=1S/C12H16ClN3O2S3/c1-2-19-9-5-3-4-8(9)15-21(17,18)11-10(13)14-12-16(11)6-7-20-12/h6-9,15H,2-5H2,1H3. The van der Waals surface area contributed by atoms with Crippen molar-refractivity contribution in [3.05, 3.63) is 16.7 Å². The molecule has 2 unspecified atom stereocenters. The maximum Gasteiger partial charge on any atom is 0.260 e. The third-order valence-corrected chi connectivity index (χ3v) is 7.54. The summed E-state index contributed by atoms with van der Waals surface area (Å²) in [5.74, 6) is 0.991. The number of hydrogen-bond donors (Lipinski definition) is 1. The summed E-state index contributed by atoms with van der Waals surface area (Å²) in [5, 5.41) is 2.22. The van der Waals surface area contributed by atoms with Gasteiger partial charge < -0.3 is 0 Å². The Bertz CT molecular complexity index is 740. The van der Waals surface area contributed by atoms with Crippen LogP contribution in [0.5, 0.6) is 0 Å². The zero-order valence-electron chi connectivity index (χ0n) is 11.5. The van der Waals surface area contributed by atoms with Crippen LogP contribution < -0.4 is 4.72 Å². The van der Waals surface area contributed by atoms with Crippen LogP contribution in [0.2, 0.25) is 5.15 Å². The fourth-order valence-corrected chi connectivity index (χ4v) is 6.76. The van der Waals surface area contributed by atoms with Crippen LogP contribution in [0.1, 0.15) is 26.2 Å². The van der Waals surface area contributed by atoms with E-state index in [0.29, 0.717) is 10.2 Å². The van der Waals surface area contributed by atoms with Crippen LogP contribution in [0, 0.1) is 0 Å². The number of nitrogens with zero attached hydrogens (tertiary/aromatic N) is 2. The van der Waals surface area contributed by atoms with Crippen LogP contribution in [0.25, 0.3) is 4.96 Å². The molecule has 2 aromatic rings. The van der Waals surface area contributed by atoms with Crippen LogP contribution in [-0.4, -0.2) is 34.8 Å². The molecule has 1 N–H and O–H groups in total. The average molecular weight is 366 g/mol. The van der Waals surface area contributed by atoms with Gasteiger partial charge in [-0.2, -0.15) is 11.8 Å². The van der Waals surface area contributed by atoms with E-state index in [2.05, 4.69) is 16.6 Å². The van der Waals surface area contributed by atoms with Gasteiger partial charge in [0.05, 0.1) is 0 Å². The number of imidazole rings is 1. The minimum absolute atomic E-state index is 0.0276. The molecule has 116 valence electrons. The Morgan fingerprint density at radius 1 is 1.57 bits per heavy atom. The van der Waals surface area contributed by atoms with Gasteiger partial charge in [0, 0.05) is 22.9 Å². The number of rotatable bonds is 5. The molecule has 0 amide bonds. The molecule has 0 saturated heterocycles. The van der Waals surface area contributed by atoms with Crippen LogP contribution in [-0.2, 0) is 10.0 Å². The van der Waals surface area contributed by atoms with E-state index in [9.17, 15) is 8.42 Å². The number of aromatic nitrogens is 2. The maximum absolute atomic E-state index is 12.7. The molecule has 0 radical (unpaired) electrons. The molecule has 0 aromatic carbocycles. The van der Waals surface area contributed by atoms with Crippen LogP contribution in [0.3, 0.4) is 0 Å². The first-order valence-corrected chi connectivity index (χ1v) is 10.6. The fraction of sp³-hybridized carbons (Fsp3) is 0.583. The first-order chi connectivity index (χ1) is 10.0. The monoisotopic (exact) mass is 365 g/mol. The summed E-state index contributed by atoms with van der Waals surface area (Å²) < 4.78 is 29.7. The Hall–Kier alpha value is -0.280. The van der Waals surface area contributed by atoms with Crippen LogP contribution in [0.15, 0.2) is 16.6 Å². The highest BCUT2D eigenvalue weighted by Gasteiger charge is 2.34. The lowest BCUT2D eigenvalue weighted by Crippen LogP contribution is -2.39. The molecule has 3 rings (SSSR count). The molecular weight excluding hydrogens is 350 g/mol. The van der Waals surface area contributed by atoms with Crippen LogP contribution in [0.4, 0.5) is 0 Å². The first kappa shape index (κ1) is 15.6. The zero-order valence-corrected chi connectivity index (χ0v) is 14.7. The predicted octanol–water partition coefficient (Wildman–Crippen LogP) is 3.00. The van der Waals surface area contributed by atoms with E-state index in [1.165, 1.54) is 15.7 Å². The Labute approximate surface area is 137 Å². The van der Waals surface area contributed by atoms with E-state index in [1.807, 2.05) is 11.8 Å². The van der Waals surface area contributed by atoms with Gasteiger partial charge in [0.25, 0.3) is 10.0 Å². The summed E-state index contributed by atoms with van der Waals surface area (Å²) in [6, 6.07) is -0.0276. The Kier molecular flexibility index (Phi) is 4.52. The molecule has 1 saturated carbocycles. The molecule has 5 nitrogen and oxygen atoms in total. The fourth-order valence-electron chi connectivity index (χ4n) is 2.71. The Balaban J connectivity index is 1.90. The summed E-state index contributed by atoms with van der Waals surface area (Å²) in [6.07, 6.45) is 4.67. The van der Waals surface area contributed by atoms with Gasteiger partial charge in [-0.15, -0.1) is 11.3 Å². The SMILES string of the molecule is CCSC1CCCC1NS(=O)(=O)c1c(Cl)nc2sccn12. The number of thioether (sulfide) groups is 1. The summed E-state index contributed by atoms with van der Waals surface area (Å²) in [6.45, 7) is 2.09. The molecule has 0 spiro atoms. The number of thiazole rings is 1. The zero-order chi connectivity index (χ0) is 15.0. The van der Waals surface area contributed by atoms with Crippen molar-refractivity contribution in [2.45, 2.75) is 42.5 Å². The lowest BCUT2D eigenvalue weighted by atomic mass is 10.3. The second-order valence-corrected chi connectivity index (χ2v) is 9.29. The van der Waals surface area contributed by atoms with E-state index in [4.69, 9.17) is 11.6 Å². The largest absolute Gasteiger partial charge is 0.279 e. The van der Waals surface area contributed by atoms with Crippen LogP contribution >= 0.6 is 34.7 Å². The smallest absolute Gasteiger partial charge is 0.260 e. The third-order valence-electron chi connectivity index (χ3n) is 3.57. The Morgan fingerprint density at radius 2 is 2.38 bits per heavy atom. The predicted molar refractivity (Wildman–Crippen MR) is 88.0 cm³/mol. The van der Waals surface area contributed by atoms with Gasteiger partial charge in [0.15, 0.2) is 15.1 Å². The first-order valence-electron chi connectivity index (χ1n) is 6.78. The van der Waals surface area contributed by atoms with Crippen molar-refractivity contribution in [3.63, 3.8) is 0 Å². The Morgan fingerprint density at radius 3 is 3.14 bits per heavy atom. The van der Waals surface area contributed by atoms with Crippen molar-refractivity contribution < 1.29 is 8.42 Å². The molecule has 1 aliphatic carbocycles. The van der Waals surface area contributed by atoms with Gasteiger partial charge in [-0.3, -0.25) is 4.40 Å². The van der Waals surface area contributed by atoms with Crippen molar-refractivity contribution in [2.75, 3.05) is 5.75 Å². The van der Waals surface area contributed by atoms with Gasteiger partial charge in [-0.25, -0.2) is 18.1 Å². The number of hydrogen-bond acceptors (Lipinski definition) is 5. The lowest BCUT2D eigenvalue weighted by Gasteiger charge is -2.19. The summed E-state index contributed by atoms with van der Waals surface area (Å²) in [5.41, 5.74) is 0. The van der Waals surface area contributed by atoms with E-state index >= 15 is 0 Å².